The highest BCUT2D eigenvalue weighted by molar-refractivity contribution is 8.18. The van der Waals surface area contributed by atoms with Gasteiger partial charge >= 0.3 is 0 Å². The predicted molar refractivity (Wildman–Crippen MR) is 148 cm³/mol. The molecule has 0 unspecified atom stereocenters. The van der Waals surface area contributed by atoms with E-state index in [1.807, 2.05) is 19.1 Å². The van der Waals surface area contributed by atoms with Crippen LogP contribution in [0.5, 0.6) is 11.5 Å². The zero-order valence-electron chi connectivity index (χ0n) is 21.2. The minimum absolute atomic E-state index is 0.0320. The van der Waals surface area contributed by atoms with Crippen LogP contribution in [0.1, 0.15) is 23.6 Å². The molecule has 4 rings (SSSR count). The van der Waals surface area contributed by atoms with Crippen molar-refractivity contribution in [3.63, 3.8) is 0 Å². The number of benzene rings is 3. The van der Waals surface area contributed by atoms with E-state index in [2.05, 4.69) is 5.32 Å². The van der Waals surface area contributed by atoms with Crippen molar-refractivity contribution >= 4 is 46.3 Å². The lowest BCUT2D eigenvalue weighted by Gasteiger charge is -2.13. The number of methoxy groups -OCH3 is 1. The van der Waals surface area contributed by atoms with Gasteiger partial charge in [0.1, 0.15) is 13.2 Å². The number of thioether (sulfide) groups is 1. The van der Waals surface area contributed by atoms with Crippen LogP contribution in [0.4, 0.5) is 16.2 Å². The van der Waals surface area contributed by atoms with Gasteiger partial charge in [0.15, 0.2) is 11.5 Å². The smallest absolute Gasteiger partial charge is 0.294 e. The van der Waals surface area contributed by atoms with Gasteiger partial charge in [-0.05, 0) is 65.2 Å². The molecule has 1 N–H and O–H groups in total. The monoisotopic (exact) mass is 547 g/mol. The predicted octanol–water partition coefficient (Wildman–Crippen LogP) is 5.42. The molecule has 1 fully saturated rings. The highest BCUT2D eigenvalue weighted by Crippen LogP contribution is 2.35. The molecule has 0 spiro atoms. The van der Waals surface area contributed by atoms with E-state index in [1.54, 1.807) is 48.5 Å². The Balaban J connectivity index is 1.41. The summed E-state index contributed by atoms with van der Waals surface area (Å²) in [7, 11) is 1.46. The molecule has 3 aromatic carbocycles. The van der Waals surface area contributed by atoms with Gasteiger partial charge in [-0.1, -0.05) is 37.3 Å². The van der Waals surface area contributed by atoms with Gasteiger partial charge in [-0.25, -0.2) is 0 Å². The van der Waals surface area contributed by atoms with Gasteiger partial charge in [0, 0.05) is 17.8 Å². The molecule has 0 saturated carbocycles. The number of nitro benzene ring substituents is 1. The topological polar surface area (TPSA) is 128 Å². The average Bonchev–Trinajstić information content (AvgIpc) is 3.19. The van der Waals surface area contributed by atoms with Crippen molar-refractivity contribution in [1.29, 1.82) is 0 Å². The maximum Gasteiger partial charge on any atom is 0.294 e. The zero-order chi connectivity index (χ0) is 27.9. The third-order valence-corrected chi connectivity index (χ3v) is 6.73. The summed E-state index contributed by atoms with van der Waals surface area (Å²) < 4.78 is 11.2. The van der Waals surface area contributed by atoms with E-state index in [4.69, 9.17) is 9.47 Å². The molecule has 10 nitrogen and oxygen atoms in total. The van der Waals surface area contributed by atoms with Crippen LogP contribution in [-0.2, 0) is 22.6 Å². The standard InChI is InChI=1S/C28H25N3O7S/c1-3-18-7-10-21(11-8-18)29-26(32)16-30-27(33)25(39-28(30)34)15-19-9-12-23(24(14-19)37-2)38-17-20-5-4-6-22(13-20)31(35)36/h4-15H,3,16-17H2,1-2H3,(H,29,32)/b25-15+. The summed E-state index contributed by atoms with van der Waals surface area (Å²) in [5.41, 5.74) is 2.88. The molecule has 11 heteroatoms. The lowest BCUT2D eigenvalue weighted by Crippen LogP contribution is -2.36. The van der Waals surface area contributed by atoms with Crippen LogP contribution in [0.2, 0.25) is 0 Å². The first kappa shape index (κ1) is 27.4. The van der Waals surface area contributed by atoms with E-state index in [9.17, 15) is 24.5 Å². The van der Waals surface area contributed by atoms with Crippen LogP contribution in [0.15, 0.2) is 71.6 Å². The summed E-state index contributed by atoms with van der Waals surface area (Å²) in [5.74, 6) is -0.263. The van der Waals surface area contributed by atoms with E-state index in [0.717, 1.165) is 28.6 Å². The largest absolute Gasteiger partial charge is 0.493 e. The minimum Gasteiger partial charge on any atom is -0.493 e. The normalized spacial score (nSPS) is 14.0. The summed E-state index contributed by atoms with van der Waals surface area (Å²) in [5, 5.41) is 13.2. The van der Waals surface area contributed by atoms with Gasteiger partial charge in [-0.3, -0.25) is 29.4 Å². The number of non-ortho nitro benzene ring substituents is 1. The Hall–Kier alpha value is -4.64. The molecular weight excluding hydrogens is 522 g/mol. The summed E-state index contributed by atoms with van der Waals surface area (Å²) >= 11 is 0.750. The molecule has 1 aliphatic rings. The molecule has 0 bridgehead atoms. The number of nitrogens with zero attached hydrogens (tertiary/aromatic N) is 2. The number of aryl methyl sites for hydroxylation is 1. The lowest BCUT2D eigenvalue weighted by atomic mass is 10.1. The van der Waals surface area contributed by atoms with Crippen LogP contribution in [0.3, 0.4) is 0 Å². The van der Waals surface area contributed by atoms with E-state index in [-0.39, 0.29) is 17.2 Å². The number of carbonyl (C=O) groups excluding carboxylic acids is 3. The van der Waals surface area contributed by atoms with Gasteiger partial charge in [-0.15, -0.1) is 0 Å². The number of anilines is 1. The molecule has 1 aliphatic heterocycles. The van der Waals surface area contributed by atoms with Crippen molar-refractivity contribution in [3.05, 3.63) is 98.4 Å². The lowest BCUT2D eigenvalue weighted by molar-refractivity contribution is -0.384. The number of hydrogen-bond donors (Lipinski definition) is 1. The fraction of sp³-hybridized carbons (Fsp3) is 0.179. The molecule has 1 heterocycles. The number of carbonyl (C=O) groups is 3. The number of rotatable bonds is 10. The van der Waals surface area contributed by atoms with Crippen LogP contribution in [0.25, 0.3) is 6.08 Å². The number of hydrogen-bond acceptors (Lipinski definition) is 8. The fourth-order valence-corrected chi connectivity index (χ4v) is 4.61. The molecule has 0 atom stereocenters. The average molecular weight is 548 g/mol. The van der Waals surface area contributed by atoms with Gasteiger partial charge < -0.3 is 14.8 Å². The second-order valence-electron chi connectivity index (χ2n) is 8.49. The van der Waals surface area contributed by atoms with Gasteiger partial charge in [0.2, 0.25) is 5.91 Å². The second kappa shape index (κ2) is 12.3. The summed E-state index contributed by atoms with van der Waals surface area (Å²) in [6.45, 7) is 1.72. The Labute approximate surface area is 228 Å². The fourth-order valence-electron chi connectivity index (χ4n) is 3.77. The highest BCUT2D eigenvalue weighted by Gasteiger charge is 2.36. The van der Waals surface area contributed by atoms with E-state index >= 15 is 0 Å². The molecule has 200 valence electrons. The van der Waals surface area contributed by atoms with Crippen molar-refractivity contribution in [2.45, 2.75) is 20.0 Å². The van der Waals surface area contributed by atoms with Crippen molar-refractivity contribution in [3.8, 4) is 11.5 Å². The molecular formula is C28H25N3O7S. The Bertz CT molecular complexity index is 1450. The van der Waals surface area contributed by atoms with Crippen molar-refractivity contribution < 1.29 is 28.8 Å². The van der Waals surface area contributed by atoms with Gasteiger partial charge in [-0.2, -0.15) is 0 Å². The first-order valence-corrected chi connectivity index (χ1v) is 12.8. The SMILES string of the molecule is CCc1ccc(NC(=O)CN2C(=O)S/C(=C/c3ccc(OCc4cccc([N+](=O)[O-])c4)c(OC)c3)C2=O)cc1. The molecule has 3 aromatic rings. The molecule has 1 saturated heterocycles. The quantitative estimate of drug-likeness (QED) is 0.202. The molecule has 0 radical (unpaired) electrons. The summed E-state index contributed by atoms with van der Waals surface area (Å²) in [6, 6.07) is 18.4. The number of nitrogens with one attached hydrogen (secondary N) is 1. The van der Waals surface area contributed by atoms with Crippen molar-refractivity contribution in [2.24, 2.45) is 0 Å². The third kappa shape index (κ3) is 6.82. The Kier molecular flexibility index (Phi) is 8.62. The number of nitro groups is 1. The van der Waals surface area contributed by atoms with Gasteiger partial charge in [0.25, 0.3) is 16.8 Å². The number of amides is 3. The number of ether oxygens (including phenoxy) is 2. The van der Waals surface area contributed by atoms with E-state index in [1.165, 1.54) is 19.2 Å². The van der Waals surface area contributed by atoms with Gasteiger partial charge in [0.05, 0.1) is 16.9 Å². The summed E-state index contributed by atoms with van der Waals surface area (Å²) in [6.07, 6.45) is 2.42. The molecule has 0 aliphatic carbocycles. The Morgan fingerprint density at radius 3 is 2.51 bits per heavy atom. The second-order valence-corrected chi connectivity index (χ2v) is 9.49. The summed E-state index contributed by atoms with van der Waals surface area (Å²) in [4.78, 5) is 49.4. The van der Waals surface area contributed by atoms with Crippen LogP contribution in [0, 0.1) is 10.1 Å². The van der Waals surface area contributed by atoms with Crippen LogP contribution >= 0.6 is 11.8 Å². The molecule has 3 amide bonds. The van der Waals surface area contributed by atoms with E-state index in [0.29, 0.717) is 28.3 Å². The first-order valence-electron chi connectivity index (χ1n) is 12.0. The van der Waals surface area contributed by atoms with E-state index < -0.39 is 28.5 Å². The highest BCUT2D eigenvalue weighted by atomic mass is 32.2. The first-order chi connectivity index (χ1) is 18.8. The number of imide groups is 1. The maximum absolute atomic E-state index is 12.9. The maximum atomic E-state index is 12.9. The van der Waals surface area contributed by atoms with Crippen LogP contribution in [-0.4, -0.2) is 40.5 Å². The van der Waals surface area contributed by atoms with Crippen molar-refractivity contribution in [1.82, 2.24) is 4.90 Å². The van der Waals surface area contributed by atoms with Crippen molar-refractivity contribution in [2.75, 3.05) is 19.0 Å². The molecule has 39 heavy (non-hydrogen) atoms. The Morgan fingerprint density at radius 2 is 1.82 bits per heavy atom. The Morgan fingerprint density at radius 1 is 1.05 bits per heavy atom. The van der Waals surface area contributed by atoms with Crippen LogP contribution < -0.4 is 14.8 Å². The molecule has 0 aromatic heterocycles. The minimum atomic E-state index is -0.563. The zero-order valence-corrected chi connectivity index (χ0v) is 22.0. The third-order valence-electron chi connectivity index (χ3n) is 5.82.